The summed E-state index contributed by atoms with van der Waals surface area (Å²) in [6, 6.07) is 4.80. The zero-order chi connectivity index (χ0) is 12.2. The normalized spacial score (nSPS) is 14.2. The minimum absolute atomic E-state index is 0.145. The zero-order valence-corrected chi connectivity index (χ0v) is 10.1. The number of halogens is 1. The molecule has 1 aromatic carbocycles. The molecule has 0 aliphatic rings. The number of benzene rings is 1. The molecule has 0 bridgehead atoms. The molecule has 1 atom stereocenters. The van der Waals surface area contributed by atoms with Gasteiger partial charge in [-0.15, -0.1) is 0 Å². The average molecular weight is 243 g/mol. The summed E-state index contributed by atoms with van der Waals surface area (Å²) in [5.41, 5.74) is -0.501. The van der Waals surface area contributed by atoms with Crippen LogP contribution in [-0.2, 0) is 0 Å². The Hall–Kier alpha value is -1.06. The third-order valence-electron chi connectivity index (χ3n) is 2.40. The van der Waals surface area contributed by atoms with E-state index in [4.69, 9.17) is 16.3 Å². The van der Waals surface area contributed by atoms with Crippen LogP contribution in [0.5, 0.6) is 5.75 Å². The summed E-state index contributed by atoms with van der Waals surface area (Å²) in [4.78, 5) is 10.8. The Bertz CT molecular complexity index is 375. The SMILES string of the molecule is CCC(C)(O)COc1ccc(Cl)cc1C=O. The van der Waals surface area contributed by atoms with Gasteiger partial charge in [0.2, 0.25) is 0 Å². The van der Waals surface area contributed by atoms with Crippen LogP contribution in [0.3, 0.4) is 0 Å². The molecule has 0 aliphatic heterocycles. The molecule has 0 aliphatic carbocycles. The largest absolute Gasteiger partial charge is 0.490 e. The lowest BCUT2D eigenvalue weighted by molar-refractivity contribution is 0.00827. The number of carbonyl (C=O) groups excluding carboxylic acids is 1. The molecule has 0 heterocycles. The van der Waals surface area contributed by atoms with Gasteiger partial charge in [0.15, 0.2) is 6.29 Å². The maximum absolute atomic E-state index is 10.8. The van der Waals surface area contributed by atoms with E-state index in [9.17, 15) is 9.90 Å². The van der Waals surface area contributed by atoms with Crippen LogP contribution < -0.4 is 4.74 Å². The van der Waals surface area contributed by atoms with Gasteiger partial charge in [0.1, 0.15) is 12.4 Å². The molecule has 4 heteroatoms. The van der Waals surface area contributed by atoms with Crippen molar-refractivity contribution in [2.75, 3.05) is 6.61 Å². The average Bonchev–Trinajstić information content (AvgIpc) is 2.27. The van der Waals surface area contributed by atoms with Gasteiger partial charge in [-0.3, -0.25) is 4.79 Å². The highest BCUT2D eigenvalue weighted by atomic mass is 35.5. The minimum atomic E-state index is -0.889. The lowest BCUT2D eigenvalue weighted by atomic mass is 10.1. The van der Waals surface area contributed by atoms with Crippen molar-refractivity contribution in [2.45, 2.75) is 25.9 Å². The Kier molecular flexibility index (Phi) is 4.33. The lowest BCUT2D eigenvalue weighted by Crippen LogP contribution is -2.31. The molecular weight excluding hydrogens is 228 g/mol. The molecule has 3 nitrogen and oxygen atoms in total. The van der Waals surface area contributed by atoms with Gasteiger partial charge in [0, 0.05) is 5.02 Å². The van der Waals surface area contributed by atoms with Crippen molar-refractivity contribution in [3.8, 4) is 5.75 Å². The molecule has 88 valence electrons. The van der Waals surface area contributed by atoms with E-state index < -0.39 is 5.60 Å². The van der Waals surface area contributed by atoms with Crippen LogP contribution in [0.2, 0.25) is 5.02 Å². The molecule has 1 aromatic rings. The molecule has 0 radical (unpaired) electrons. The molecule has 0 saturated carbocycles. The fourth-order valence-corrected chi connectivity index (χ4v) is 1.26. The van der Waals surface area contributed by atoms with Gasteiger partial charge in [0.05, 0.1) is 11.2 Å². The molecule has 1 N–H and O–H groups in total. The molecular formula is C12H15ClO3. The van der Waals surface area contributed by atoms with Gasteiger partial charge in [-0.05, 0) is 31.5 Å². The van der Waals surface area contributed by atoms with Gasteiger partial charge in [-0.2, -0.15) is 0 Å². The molecule has 0 aromatic heterocycles. The third kappa shape index (κ3) is 3.51. The first-order valence-electron chi connectivity index (χ1n) is 5.08. The van der Waals surface area contributed by atoms with Crippen LogP contribution >= 0.6 is 11.6 Å². The van der Waals surface area contributed by atoms with Crippen molar-refractivity contribution in [1.29, 1.82) is 0 Å². The zero-order valence-electron chi connectivity index (χ0n) is 9.37. The Morgan fingerprint density at radius 2 is 2.25 bits per heavy atom. The van der Waals surface area contributed by atoms with Crippen molar-refractivity contribution in [3.63, 3.8) is 0 Å². The van der Waals surface area contributed by atoms with Crippen LogP contribution in [-0.4, -0.2) is 23.6 Å². The first-order chi connectivity index (χ1) is 7.48. The van der Waals surface area contributed by atoms with Crippen molar-refractivity contribution in [1.82, 2.24) is 0 Å². The van der Waals surface area contributed by atoms with Gasteiger partial charge in [-0.1, -0.05) is 18.5 Å². The highest BCUT2D eigenvalue weighted by Crippen LogP contribution is 2.22. The van der Waals surface area contributed by atoms with Crippen LogP contribution in [0, 0.1) is 0 Å². The van der Waals surface area contributed by atoms with E-state index in [1.54, 1.807) is 19.1 Å². The predicted molar refractivity (Wildman–Crippen MR) is 63.2 cm³/mol. The number of carbonyl (C=O) groups is 1. The number of hydrogen-bond donors (Lipinski definition) is 1. The Labute approximate surface area is 100.0 Å². The molecule has 16 heavy (non-hydrogen) atoms. The highest BCUT2D eigenvalue weighted by molar-refractivity contribution is 6.30. The van der Waals surface area contributed by atoms with Crippen molar-refractivity contribution in [3.05, 3.63) is 28.8 Å². The second-order valence-corrected chi connectivity index (χ2v) is 4.38. The maximum atomic E-state index is 10.8. The first kappa shape index (κ1) is 13.0. The van der Waals surface area contributed by atoms with Crippen molar-refractivity contribution >= 4 is 17.9 Å². The van der Waals surface area contributed by atoms with Crippen molar-refractivity contribution < 1.29 is 14.6 Å². The quantitative estimate of drug-likeness (QED) is 0.808. The summed E-state index contributed by atoms with van der Waals surface area (Å²) >= 11 is 5.75. The lowest BCUT2D eigenvalue weighted by Gasteiger charge is -2.21. The smallest absolute Gasteiger partial charge is 0.153 e. The molecule has 0 saturated heterocycles. The Morgan fingerprint density at radius 1 is 1.56 bits per heavy atom. The summed E-state index contributed by atoms with van der Waals surface area (Å²) in [7, 11) is 0. The summed E-state index contributed by atoms with van der Waals surface area (Å²) in [5.74, 6) is 0.438. The molecule has 0 amide bonds. The first-order valence-corrected chi connectivity index (χ1v) is 5.46. The van der Waals surface area contributed by atoms with E-state index in [0.717, 1.165) is 0 Å². The summed E-state index contributed by atoms with van der Waals surface area (Å²) in [6.45, 7) is 3.70. The van der Waals surface area contributed by atoms with E-state index in [1.165, 1.54) is 6.07 Å². The summed E-state index contributed by atoms with van der Waals surface area (Å²) < 4.78 is 5.40. The number of hydrogen-bond acceptors (Lipinski definition) is 3. The van der Waals surface area contributed by atoms with Gasteiger partial charge >= 0.3 is 0 Å². The molecule has 0 spiro atoms. The monoisotopic (exact) mass is 242 g/mol. The van der Waals surface area contributed by atoms with Crippen LogP contribution in [0.1, 0.15) is 30.6 Å². The Balaban J connectivity index is 2.78. The topological polar surface area (TPSA) is 46.5 Å². The summed E-state index contributed by atoms with van der Waals surface area (Å²) in [5, 5.41) is 10.2. The van der Waals surface area contributed by atoms with Gasteiger partial charge in [0.25, 0.3) is 0 Å². The molecule has 0 fully saturated rings. The molecule has 1 rings (SSSR count). The number of aldehydes is 1. The third-order valence-corrected chi connectivity index (χ3v) is 2.63. The Morgan fingerprint density at radius 3 is 2.81 bits per heavy atom. The minimum Gasteiger partial charge on any atom is -0.490 e. The van der Waals surface area contributed by atoms with Crippen LogP contribution in [0.25, 0.3) is 0 Å². The van der Waals surface area contributed by atoms with E-state index in [2.05, 4.69) is 0 Å². The van der Waals surface area contributed by atoms with Gasteiger partial charge in [-0.25, -0.2) is 0 Å². The van der Waals surface area contributed by atoms with Gasteiger partial charge < -0.3 is 9.84 Å². The van der Waals surface area contributed by atoms with E-state index in [-0.39, 0.29) is 6.61 Å². The fourth-order valence-electron chi connectivity index (χ4n) is 1.08. The highest BCUT2D eigenvalue weighted by Gasteiger charge is 2.19. The van der Waals surface area contributed by atoms with Crippen LogP contribution in [0.4, 0.5) is 0 Å². The number of rotatable bonds is 5. The second-order valence-electron chi connectivity index (χ2n) is 3.94. The van der Waals surface area contributed by atoms with Crippen molar-refractivity contribution in [2.24, 2.45) is 0 Å². The van der Waals surface area contributed by atoms with E-state index >= 15 is 0 Å². The summed E-state index contributed by atoms with van der Waals surface area (Å²) in [6.07, 6.45) is 1.26. The number of ether oxygens (including phenoxy) is 1. The maximum Gasteiger partial charge on any atom is 0.153 e. The van der Waals surface area contributed by atoms with E-state index in [0.29, 0.717) is 29.0 Å². The fraction of sp³-hybridized carbons (Fsp3) is 0.417. The predicted octanol–water partition coefficient (Wildman–Crippen LogP) is 2.69. The van der Waals surface area contributed by atoms with Crippen LogP contribution in [0.15, 0.2) is 18.2 Å². The second kappa shape index (κ2) is 5.32. The standard InChI is InChI=1S/C12H15ClO3/c1-3-12(2,15)8-16-11-5-4-10(13)6-9(11)7-14/h4-7,15H,3,8H2,1-2H3. The molecule has 1 unspecified atom stereocenters. The van der Waals surface area contributed by atoms with E-state index in [1.807, 2.05) is 6.92 Å². The number of aliphatic hydroxyl groups is 1.